The summed E-state index contributed by atoms with van der Waals surface area (Å²) >= 11 is 0. The van der Waals surface area contributed by atoms with Crippen LogP contribution in [-0.4, -0.2) is 12.6 Å². The van der Waals surface area contributed by atoms with Gasteiger partial charge in [-0.3, -0.25) is 9.59 Å². The smallest absolute Gasteiger partial charge is 0.153 e. The molecule has 20 heavy (non-hydrogen) atoms. The molecule has 2 nitrogen and oxygen atoms in total. The molecular weight excluding hydrogens is 262 g/mol. The van der Waals surface area contributed by atoms with Crippen molar-refractivity contribution in [2.45, 2.75) is 52.4 Å². The summed E-state index contributed by atoms with van der Waals surface area (Å²) in [5.74, 6) is -1.75. The molecule has 0 spiro atoms. The first kappa shape index (κ1) is 16.5. The first-order chi connectivity index (χ1) is 8.96. The van der Waals surface area contributed by atoms with E-state index in [4.69, 9.17) is 0 Å². The van der Waals surface area contributed by atoms with E-state index >= 15 is 0 Å². The topological polar surface area (TPSA) is 34.1 Å². The van der Waals surface area contributed by atoms with E-state index in [0.29, 0.717) is 12.6 Å². The number of hydrogen-bond donors (Lipinski definition) is 0. The van der Waals surface area contributed by atoms with Crippen molar-refractivity contribution in [3.8, 4) is 0 Å². The molecule has 0 aliphatic carbocycles. The maximum absolute atomic E-state index is 14.5. The second-order valence-electron chi connectivity index (χ2n) is 6.94. The van der Waals surface area contributed by atoms with Crippen LogP contribution in [0.15, 0.2) is 0 Å². The van der Waals surface area contributed by atoms with Crippen molar-refractivity contribution in [3.63, 3.8) is 0 Å². The second-order valence-corrected chi connectivity index (χ2v) is 6.94. The summed E-state index contributed by atoms with van der Waals surface area (Å²) in [5.41, 5.74) is -2.14. The Kier molecular flexibility index (Phi) is 4.18. The van der Waals surface area contributed by atoms with Gasteiger partial charge in [0.1, 0.15) is 11.6 Å². The highest BCUT2D eigenvalue weighted by Gasteiger charge is 2.34. The standard InChI is InChI=1S/C16H20F2O2/c1-15(2,3)11-9(7-19)13(17)12(16(4,5)6)14(18)10(11)8-20/h7-8H,1-6H3. The zero-order valence-electron chi connectivity index (χ0n) is 12.7. The molecule has 0 aliphatic heterocycles. The lowest BCUT2D eigenvalue weighted by molar-refractivity contribution is 0.111. The molecule has 110 valence electrons. The lowest BCUT2D eigenvalue weighted by Gasteiger charge is -2.28. The molecule has 0 bridgehead atoms. The summed E-state index contributed by atoms with van der Waals surface area (Å²) in [4.78, 5) is 22.6. The van der Waals surface area contributed by atoms with Crippen molar-refractivity contribution in [1.29, 1.82) is 0 Å². The van der Waals surface area contributed by atoms with E-state index < -0.39 is 22.5 Å². The van der Waals surface area contributed by atoms with Crippen molar-refractivity contribution in [1.82, 2.24) is 0 Å². The summed E-state index contributed by atoms with van der Waals surface area (Å²) < 4.78 is 29.1. The number of carbonyl (C=O) groups is 2. The van der Waals surface area contributed by atoms with Gasteiger partial charge in [0.25, 0.3) is 0 Å². The molecule has 0 saturated carbocycles. The Bertz CT molecular complexity index is 526. The van der Waals surface area contributed by atoms with Gasteiger partial charge in [0.2, 0.25) is 0 Å². The second kappa shape index (κ2) is 5.08. The quantitative estimate of drug-likeness (QED) is 0.762. The molecular formula is C16H20F2O2. The third kappa shape index (κ3) is 2.65. The molecule has 0 aliphatic rings. The van der Waals surface area contributed by atoms with Crippen LogP contribution in [0.5, 0.6) is 0 Å². The van der Waals surface area contributed by atoms with Crippen LogP contribution in [0.3, 0.4) is 0 Å². The van der Waals surface area contributed by atoms with E-state index in [-0.39, 0.29) is 22.3 Å². The SMILES string of the molecule is CC(C)(C)c1c(F)c(C=O)c(C(C)(C)C)c(C=O)c1F. The minimum Gasteiger partial charge on any atom is -0.298 e. The van der Waals surface area contributed by atoms with Crippen molar-refractivity contribution < 1.29 is 18.4 Å². The fourth-order valence-corrected chi connectivity index (χ4v) is 2.42. The molecule has 0 amide bonds. The van der Waals surface area contributed by atoms with Gasteiger partial charge in [-0.2, -0.15) is 0 Å². The summed E-state index contributed by atoms with van der Waals surface area (Å²) in [6.45, 7) is 10.0. The van der Waals surface area contributed by atoms with Gasteiger partial charge in [-0.05, 0) is 16.4 Å². The summed E-state index contributed by atoms with van der Waals surface area (Å²) in [5, 5.41) is 0. The van der Waals surface area contributed by atoms with Crippen molar-refractivity contribution in [3.05, 3.63) is 33.9 Å². The normalized spacial score (nSPS) is 12.4. The van der Waals surface area contributed by atoms with Gasteiger partial charge in [0.05, 0.1) is 11.1 Å². The summed E-state index contributed by atoms with van der Waals surface area (Å²) in [7, 11) is 0. The molecule has 0 unspecified atom stereocenters. The van der Waals surface area contributed by atoms with E-state index in [2.05, 4.69) is 0 Å². The maximum atomic E-state index is 14.5. The number of benzene rings is 1. The van der Waals surface area contributed by atoms with Crippen LogP contribution in [0.25, 0.3) is 0 Å². The number of hydrogen-bond acceptors (Lipinski definition) is 2. The first-order valence-corrected chi connectivity index (χ1v) is 6.43. The Labute approximate surface area is 118 Å². The predicted octanol–water partition coefficient (Wildman–Crippen LogP) is 4.18. The minimum absolute atomic E-state index is 0.116. The molecule has 0 aromatic heterocycles. The highest BCUT2D eigenvalue weighted by atomic mass is 19.1. The molecule has 0 fully saturated rings. The summed E-state index contributed by atoms with van der Waals surface area (Å²) in [6.07, 6.45) is 0.717. The zero-order valence-corrected chi connectivity index (χ0v) is 12.7. The predicted molar refractivity (Wildman–Crippen MR) is 74.5 cm³/mol. The van der Waals surface area contributed by atoms with Crippen molar-refractivity contribution in [2.24, 2.45) is 0 Å². The van der Waals surface area contributed by atoms with Gasteiger partial charge >= 0.3 is 0 Å². The Hall–Kier alpha value is -1.58. The molecule has 0 atom stereocenters. The fourth-order valence-electron chi connectivity index (χ4n) is 2.42. The van der Waals surface area contributed by atoms with Crippen LogP contribution in [0, 0.1) is 11.6 Å². The van der Waals surface area contributed by atoms with Crippen LogP contribution in [0.4, 0.5) is 8.78 Å². The van der Waals surface area contributed by atoms with Gasteiger partial charge < -0.3 is 0 Å². The average Bonchev–Trinajstić information content (AvgIpc) is 2.25. The van der Waals surface area contributed by atoms with Gasteiger partial charge in [0, 0.05) is 5.56 Å². The zero-order chi connectivity index (χ0) is 15.9. The number of halogens is 2. The third-order valence-electron chi connectivity index (χ3n) is 3.19. The van der Waals surface area contributed by atoms with Gasteiger partial charge in [-0.25, -0.2) is 8.78 Å². The largest absolute Gasteiger partial charge is 0.298 e. The Morgan fingerprint density at radius 1 is 0.700 bits per heavy atom. The highest BCUT2D eigenvalue weighted by Crippen LogP contribution is 2.37. The van der Waals surface area contributed by atoms with Crippen LogP contribution in [-0.2, 0) is 10.8 Å². The molecule has 1 aromatic carbocycles. The molecule has 0 radical (unpaired) electrons. The van der Waals surface area contributed by atoms with Crippen LogP contribution in [0.2, 0.25) is 0 Å². The molecule has 1 aromatic rings. The van der Waals surface area contributed by atoms with Gasteiger partial charge in [0.15, 0.2) is 12.6 Å². The van der Waals surface area contributed by atoms with Crippen LogP contribution in [0.1, 0.15) is 73.4 Å². The molecule has 1 rings (SSSR count). The first-order valence-electron chi connectivity index (χ1n) is 6.43. The van der Waals surface area contributed by atoms with E-state index in [1.807, 2.05) is 0 Å². The van der Waals surface area contributed by atoms with E-state index in [1.165, 1.54) is 0 Å². The summed E-state index contributed by atoms with van der Waals surface area (Å²) in [6, 6.07) is 0. The van der Waals surface area contributed by atoms with Crippen molar-refractivity contribution >= 4 is 12.6 Å². The van der Waals surface area contributed by atoms with Gasteiger partial charge in [-0.15, -0.1) is 0 Å². The fraction of sp³-hybridized carbons (Fsp3) is 0.500. The van der Waals surface area contributed by atoms with Crippen LogP contribution < -0.4 is 0 Å². The molecule has 0 heterocycles. The maximum Gasteiger partial charge on any atom is 0.153 e. The van der Waals surface area contributed by atoms with E-state index in [0.717, 1.165) is 0 Å². The van der Waals surface area contributed by atoms with Crippen molar-refractivity contribution in [2.75, 3.05) is 0 Å². The number of aldehydes is 2. The number of rotatable bonds is 2. The highest BCUT2D eigenvalue weighted by molar-refractivity contribution is 5.88. The Morgan fingerprint density at radius 3 is 1.20 bits per heavy atom. The monoisotopic (exact) mass is 282 g/mol. The lowest BCUT2D eigenvalue weighted by atomic mass is 9.76. The molecule has 0 saturated heterocycles. The third-order valence-corrected chi connectivity index (χ3v) is 3.19. The number of carbonyl (C=O) groups excluding carboxylic acids is 2. The van der Waals surface area contributed by atoms with E-state index in [1.54, 1.807) is 41.5 Å². The average molecular weight is 282 g/mol. The molecule has 4 heteroatoms. The Balaban J connectivity index is 4.02. The van der Waals surface area contributed by atoms with Crippen LogP contribution >= 0.6 is 0 Å². The lowest BCUT2D eigenvalue weighted by Crippen LogP contribution is -2.25. The Morgan fingerprint density at radius 2 is 1.00 bits per heavy atom. The van der Waals surface area contributed by atoms with Gasteiger partial charge in [-0.1, -0.05) is 41.5 Å². The minimum atomic E-state index is -0.875. The van der Waals surface area contributed by atoms with E-state index in [9.17, 15) is 18.4 Å². The molecule has 0 N–H and O–H groups in total.